The largest absolute Gasteiger partial charge is 0.618 e. The number of nitrogens with two attached hydrogens (primary N) is 1. The monoisotopic (exact) mass is 501 g/mol. The number of hydrogen-bond donors (Lipinski definition) is 3. The zero-order valence-corrected chi connectivity index (χ0v) is 19.3. The number of rotatable bonds is 4. The number of allylic oxidation sites excluding steroid dienone is 1. The topological polar surface area (TPSA) is 123 Å². The van der Waals surface area contributed by atoms with Crippen molar-refractivity contribution in [3.05, 3.63) is 79.0 Å². The van der Waals surface area contributed by atoms with Crippen molar-refractivity contribution in [1.82, 2.24) is 0 Å². The Morgan fingerprint density at radius 2 is 2.03 bits per heavy atom. The molecule has 4 N–H and O–H groups in total. The van der Waals surface area contributed by atoms with Crippen LogP contribution in [0.2, 0.25) is 5.02 Å². The molecule has 0 saturated carbocycles. The molecule has 1 aliphatic carbocycles. The van der Waals surface area contributed by atoms with Crippen LogP contribution in [0.25, 0.3) is 16.7 Å². The van der Waals surface area contributed by atoms with Crippen LogP contribution < -0.4 is 10.5 Å². The number of fused-ring (bicyclic) bond motifs is 1. The summed E-state index contributed by atoms with van der Waals surface area (Å²) in [6.07, 6.45) is 2.34. The van der Waals surface area contributed by atoms with Crippen LogP contribution in [0.15, 0.2) is 52.1 Å². The van der Waals surface area contributed by atoms with E-state index in [-0.39, 0.29) is 28.6 Å². The van der Waals surface area contributed by atoms with Crippen LogP contribution in [0.3, 0.4) is 0 Å². The Balaban J connectivity index is 1.49. The highest BCUT2D eigenvalue weighted by Crippen LogP contribution is 2.44. The van der Waals surface area contributed by atoms with Gasteiger partial charge in [0, 0.05) is 39.4 Å². The number of aliphatic hydroxyl groups is 1. The van der Waals surface area contributed by atoms with Crippen LogP contribution in [0.5, 0.6) is 0 Å². The number of benzene rings is 1. The summed E-state index contributed by atoms with van der Waals surface area (Å²) < 4.78 is 0.666. The average Bonchev–Trinajstić information content (AvgIpc) is 3.48. The summed E-state index contributed by atoms with van der Waals surface area (Å²) in [5.41, 5.74) is 8.78. The van der Waals surface area contributed by atoms with Crippen LogP contribution in [0.4, 0.5) is 5.69 Å². The normalized spacial score (nSPS) is 19.7. The van der Waals surface area contributed by atoms with E-state index >= 15 is 0 Å². The third-order valence-corrected chi connectivity index (χ3v) is 7.51. The minimum absolute atomic E-state index is 0.183. The molecule has 0 saturated heterocycles. The molecule has 2 aliphatic rings. The van der Waals surface area contributed by atoms with E-state index in [1.54, 1.807) is 23.6 Å². The van der Waals surface area contributed by atoms with Gasteiger partial charge in [-0.25, -0.2) is 9.79 Å². The number of aromatic carboxylic acids is 1. The lowest BCUT2D eigenvalue weighted by molar-refractivity contribution is -0.619. The number of halogens is 2. The van der Waals surface area contributed by atoms with Crippen LogP contribution in [-0.2, 0) is 12.0 Å². The second-order valence-electron chi connectivity index (χ2n) is 8.03. The van der Waals surface area contributed by atoms with Crippen molar-refractivity contribution in [2.45, 2.75) is 24.9 Å². The summed E-state index contributed by atoms with van der Waals surface area (Å²) >= 11 is 13.6. The Morgan fingerprint density at radius 1 is 1.24 bits per heavy atom. The first-order valence-electron chi connectivity index (χ1n) is 10.0. The molecule has 10 heteroatoms. The maximum Gasteiger partial charge on any atom is 0.345 e. The third-order valence-electron chi connectivity index (χ3n) is 6.05. The predicted octanol–water partition coefficient (Wildman–Crippen LogP) is 4.57. The van der Waals surface area contributed by atoms with E-state index < -0.39 is 11.6 Å². The van der Waals surface area contributed by atoms with E-state index in [0.29, 0.717) is 55.4 Å². The van der Waals surface area contributed by atoms with E-state index in [9.17, 15) is 20.2 Å². The van der Waals surface area contributed by atoms with Gasteiger partial charge in [0.2, 0.25) is 5.69 Å². The lowest BCUT2D eigenvalue weighted by atomic mass is 9.89. The molecule has 0 spiro atoms. The Labute approximate surface area is 202 Å². The predicted molar refractivity (Wildman–Crippen MR) is 129 cm³/mol. The van der Waals surface area contributed by atoms with Crippen molar-refractivity contribution in [2.24, 2.45) is 4.99 Å². The summed E-state index contributed by atoms with van der Waals surface area (Å²) in [5, 5.41) is 36.3. The molecular weight excluding hydrogens is 485 g/mol. The minimum Gasteiger partial charge on any atom is -0.618 e. The molecular formula is C23H17Cl2N3O4S. The molecule has 0 fully saturated rings. The van der Waals surface area contributed by atoms with Crippen molar-refractivity contribution >= 4 is 57.5 Å². The van der Waals surface area contributed by atoms with Crippen LogP contribution in [0.1, 0.15) is 39.3 Å². The van der Waals surface area contributed by atoms with Gasteiger partial charge in [0.25, 0.3) is 0 Å². The van der Waals surface area contributed by atoms with Gasteiger partial charge in [-0.3, -0.25) is 0 Å². The van der Waals surface area contributed by atoms with Crippen molar-refractivity contribution in [3.63, 3.8) is 0 Å². The van der Waals surface area contributed by atoms with E-state index in [1.807, 2.05) is 6.07 Å². The third kappa shape index (κ3) is 3.59. The second kappa shape index (κ2) is 7.85. The van der Waals surface area contributed by atoms with Crippen LogP contribution in [0, 0.1) is 5.21 Å². The van der Waals surface area contributed by atoms with E-state index in [0.717, 1.165) is 11.3 Å². The van der Waals surface area contributed by atoms with Crippen LogP contribution in [-0.4, -0.2) is 21.9 Å². The fourth-order valence-corrected chi connectivity index (χ4v) is 5.65. The summed E-state index contributed by atoms with van der Waals surface area (Å²) in [6.45, 7) is 0. The molecule has 168 valence electrons. The first-order chi connectivity index (χ1) is 15.7. The molecule has 0 radical (unpaired) electrons. The Morgan fingerprint density at radius 3 is 2.76 bits per heavy atom. The number of anilines is 1. The number of carbonyl (C=O) groups is 1. The van der Waals surface area contributed by atoms with Crippen molar-refractivity contribution < 1.29 is 19.7 Å². The van der Waals surface area contributed by atoms with Gasteiger partial charge >= 0.3 is 5.97 Å². The standard InChI is InChI=1S/C23H17Cl2N3O4S/c24-14-1-2-17(26)15(7-14)12-5-11-3-4-23(31,20(11)28(32)9-12)19-8-16(21(25)27-19)13-6-18(22(29)30)33-10-13/h1-2,5-7,9-10,31H,3-4,8,26H2,(H,29,30). The molecule has 1 unspecified atom stereocenters. The molecule has 1 aromatic carbocycles. The molecule has 3 heterocycles. The smallest absolute Gasteiger partial charge is 0.345 e. The highest BCUT2D eigenvalue weighted by Gasteiger charge is 2.50. The number of pyridine rings is 1. The van der Waals surface area contributed by atoms with Gasteiger partial charge in [-0.05, 0) is 54.1 Å². The van der Waals surface area contributed by atoms with Crippen molar-refractivity contribution in [2.75, 3.05) is 5.73 Å². The number of aromatic nitrogens is 1. The first kappa shape index (κ1) is 21.9. The van der Waals surface area contributed by atoms with E-state index in [1.165, 1.54) is 12.3 Å². The van der Waals surface area contributed by atoms with Gasteiger partial charge in [-0.1, -0.05) is 23.2 Å². The number of aryl methyl sites for hydroxylation is 1. The van der Waals surface area contributed by atoms with Gasteiger partial charge in [0.05, 0.1) is 5.71 Å². The molecule has 5 rings (SSSR count). The van der Waals surface area contributed by atoms with Gasteiger partial charge < -0.3 is 21.2 Å². The van der Waals surface area contributed by atoms with E-state index in [2.05, 4.69) is 4.99 Å². The number of hydrogen-bond acceptors (Lipinski definition) is 6. The Kier molecular flexibility index (Phi) is 5.21. The Bertz CT molecular complexity index is 1400. The maximum absolute atomic E-state index is 13.1. The summed E-state index contributed by atoms with van der Waals surface area (Å²) in [6, 6.07) is 8.43. The number of aliphatic imine (C=N–C) groups is 1. The first-order valence-corrected chi connectivity index (χ1v) is 11.6. The Hall–Kier alpha value is -2.91. The number of thiophene rings is 1. The molecule has 1 aliphatic heterocycles. The summed E-state index contributed by atoms with van der Waals surface area (Å²) in [4.78, 5) is 15.8. The van der Waals surface area contributed by atoms with Crippen molar-refractivity contribution in [3.8, 4) is 11.1 Å². The second-order valence-corrected chi connectivity index (χ2v) is 9.74. The molecule has 0 bridgehead atoms. The average molecular weight is 502 g/mol. The highest BCUT2D eigenvalue weighted by atomic mass is 35.5. The zero-order chi connectivity index (χ0) is 23.5. The fourth-order valence-electron chi connectivity index (χ4n) is 4.44. The molecule has 3 aromatic rings. The zero-order valence-electron chi connectivity index (χ0n) is 17.0. The number of carboxylic acids is 1. The summed E-state index contributed by atoms with van der Waals surface area (Å²) in [5.74, 6) is -1.02. The lowest BCUT2D eigenvalue weighted by Gasteiger charge is -2.22. The SMILES string of the molecule is Nc1ccc(Cl)cc1-c1cc2c([n+]([O-])c1)C(O)(C1=NC(Cl)=C(c3csc(C(=O)O)c3)C1)CC2. The molecule has 1 atom stereocenters. The summed E-state index contributed by atoms with van der Waals surface area (Å²) in [7, 11) is 0. The van der Waals surface area contributed by atoms with Gasteiger partial charge in [-0.15, -0.1) is 11.3 Å². The molecule has 7 nitrogen and oxygen atoms in total. The fraction of sp³-hybridized carbons (Fsp3) is 0.174. The van der Waals surface area contributed by atoms with E-state index in [4.69, 9.17) is 28.9 Å². The number of carboxylic acid groups (broad SMARTS) is 1. The minimum atomic E-state index is -1.58. The van der Waals surface area contributed by atoms with Crippen LogP contribution >= 0.6 is 34.5 Å². The molecule has 0 amide bonds. The quantitative estimate of drug-likeness (QED) is 0.209. The highest BCUT2D eigenvalue weighted by molar-refractivity contribution is 7.12. The lowest BCUT2D eigenvalue weighted by Crippen LogP contribution is -2.45. The van der Waals surface area contributed by atoms with Gasteiger partial charge in [0.15, 0.2) is 11.8 Å². The number of nitrogen functional groups attached to an aromatic ring is 1. The van der Waals surface area contributed by atoms with Crippen molar-refractivity contribution in [1.29, 1.82) is 0 Å². The van der Waals surface area contributed by atoms with Gasteiger partial charge in [0.1, 0.15) is 10.0 Å². The van der Waals surface area contributed by atoms with Gasteiger partial charge in [-0.2, -0.15) is 4.73 Å². The molecule has 33 heavy (non-hydrogen) atoms. The number of nitrogens with zero attached hydrogens (tertiary/aromatic N) is 2. The maximum atomic E-state index is 13.1. The molecule has 2 aromatic heterocycles.